The Morgan fingerprint density at radius 3 is 1.86 bits per heavy atom. The summed E-state index contributed by atoms with van der Waals surface area (Å²) in [5.74, 6) is 0. The molecule has 0 aliphatic heterocycles. The van der Waals surface area contributed by atoms with Gasteiger partial charge >= 0.3 is 0 Å². The molecule has 4 heteroatoms. The van der Waals surface area contributed by atoms with E-state index in [1.54, 1.807) is 0 Å². The van der Waals surface area contributed by atoms with Gasteiger partial charge in [-0.3, -0.25) is 0 Å². The molecule has 3 nitrogen and oxygen atoms in total. The van der Waals surface area contributed by atoms with E-state index in [1.165, 1.54) is 5.70 Å². The van der Waals surface area contributed by atoms with Gasteiger partial charge in [0.15, 0.2) is 9.52 Å². The van der Waals surface area contributed by atoms with Gasteiger partial charge in [-0.2, -0.15) is 0 Å². The molecule has 0 aliphatic rings. The zero-order chi connectivity index (χ0) is 5.91. The van der Waals surface area contributed by atoms with Crippen molar-refractivity contribution in [3.8, 4) is 0 Å². The van der Waals surface area contributed by atoms with Crippen LogP contribution in [0, 0.1) is 0 Å². The predicted octanol–water partition coefficient (Wildman–Crippen LogP) is -2.11. The lowest BCUT2D eigenvalue weighted by Gasteiger charge is -2.08. The molecular formula is C3H8O3Si. The van der Waals surface area contributed by atoms with Crippen molar-refractivity contribution in [3.05, 3.63) is 12.3 Å². The molecule has 0 unspecified atom stereocenters. The van der Waals surface area contributed by atoms with Crippen molar-refractivity contribution >= 4 is 9.52 Å². The lowest BCUT2D eigenvalue weighted by Crippen LogP contribution is -2.33. The Bertz CT molecular complexity index is 65.1. The van der Waals surface area contributed by atoms with Gasteiger partial charge in [0.1, 0.15) is 0 Å². The lowest BCUT2D eigenvalue weighted by molar-refractivity contribution is -0.245. The maximum atomic E-state index is 8.12. The molecule has 0 spiro atoms. The second-order valence-electron chi connectivity index (χ2n) is 1.27. The Balaban J connectivity index is 3.34. The number of hydrogen-bond donors (Lipinski definition) is 3. The molecule has 0 heterocycles. The number of aliphatic hydroxyl groups is 3. The van der Waals surface area contributed by atoms with Crippen molar-refractivity contribution in [2.24, 2.45) is 0 Å². The Labute approximate surface area is 43.7 Å². The molecule has 0 aromatic rings. The van der Waals surface area contributed by atoms with Gasteiger partial charge in [-0.15, -0.1) is 12.3 Å². The summed E-state index contributed by atoms with van der Waals surface area (Å²) in [5.41, 5.74) is -1.08. The smallest absolute Gasteiger partial charge is 0.246 e. The summed E-state index contributed by atoms with van der Waals surface area (Å²) in [6.45, 7) is 3.23. The van der Waals surface area contributed by atoms with E-state index in [9.17, 15) is 0 Å². The average Bonchev–Trinajstić information content (AvgIpc) is 1.30. The SMILES string of the molecule is C=C[SiH2]C(O)(O)O. The summed E-state index contributed by atoms with van der Waals surface area (Å²) >= 11 is 0. The Hall–Kier alpha value is -0.163. The minimum atomic E-state index is -2.43. The molecule has 0 bridgehead atoms. The van der Waals surface area contributed by atoms with Gasteiger partial charge in [0, 0.05) is 0 Å². The summed E-state index contributed by atoms with van der Waals surface area (Å²) < 4.78 is 0. The zero-order valence-electron chi connectivity index (χ0n) is 3.83. The summed E-state index contributed by atoms with van der Waals surface area (Å²) in [6.07, 6.45) is 0. The number of hydrogen-bond acceptors (Lipinski definition) is 3. The maximum Gasteiger partial charge on any atom is 0.246 e. The van der Waals surface area contributed by atoms with Crippen LogP contribution in [0.5, 0.6) is 0 Å². The molecule has 0 aromatic carbocycles. The quantitative estimate of drug-likeness (QED) is 0.288. The molecule has 0 radical (unpaired) electrons. The third-order valence-corrected chi connectivity index (χ3v) is 1.25. The van der Waals surface area contributed by atoms with Crippen LogP contribution in [-0.4, -0.2) is 30.4 Å². The first-order valence-electron chi connectivity index (χ1n) is 1.84. The van der Waals surface area contributed by atoms with Crippen LogP contribution in [0.1, 0.15) is 0 Å². The van der Waals surface area contributed by atoms with E-state index in [0.717, 1.165) is 0 Å². The summed E-state index contributed by atoms with van der Waals surface area (Å²) in [4.78, 5) is 0. The molecule has 0 saturated heterocycles. The molecule has 7 heavy (non-hydrogen) atoms. The first-order valence-corrected chi connectivity index (χ1v) is 3.36. The van der Waals surface area contributed by atoms with Gasteiger partial charge in [0.05, 0.1) is 0 Å². The zero-order valence-corrected chi connectivity index (χ0v) is 5.25. The van der Waals surface area contributed by atoms with Crippen LogP contribution in [0.4, 0.5) is 0 Å². The normalized spacial score (nSPS) is 13.0. The fourth-order valence-electron chi connectivity index (χ4n) is 0.194. The molecular weight excluding hydrogens is 112 g/mol. The second-order valence-corrected chi connectivity index (χ2v) is 3.20. The van der Waals surface area contributed by atoms with Crippen LogP contribution in [0.15, 0.2) is 12.3 Å². The maximum absolute atomic E-state index is 8.12. The highest BCUT2D eigenvalue weighted by Gasteiger charge is 2.13. The largest absolute Gasteiger partial charge is 0.348 e. The highest BCUT2D eigenvalue weighted by Crippen LogP contribution is 1.86. The molecule has 0 aromatic heterocycles. The minimum absolute atomic E-state index is 1.31. The third-order valence-electron chi connectivity index (χ3n) is 0.418. The molecule has 0 fully saturated rings. The summed E-state index contributed by atoms with van der Waals surface area (Å²) in [6, 6.07) is 0. The van der Waals surface area contributed by atoms with Crippen molar-refractivity contribution in [1.29, 1.82) is 0 Å². The molecule has 0 saturated carbocycles. The third kappa shape index (κ3) is 5.84. The van der Waals surface area contributed by atoms with Crippen LogP contribution >= 0.6 is 0 Å². The van der Waals surface area contributed by atoms with E-state index in [1.807, 2.05) is 0 Å². The molecule has 42 valence electrons. The van der Waals surface area contributed by atoms with Crippen LogP contribution in [0.25, 0.3) is 0 Å². The van der Waals surface area contributed by atoms with Crippen molar-refractivity contribution in [1.82, 2.24) is 0 Å². The van der Waals surface area contributed by atoms with E-state index in [0.29, 0.717) is 0 Å². The first-order chi connectivity index (χ1) is 3.06. The predicted molar refractivity (Wildman–Crippen MR) is 28.1 cm³/mol. The van der Waals surface area contributed by atoms with Crippen LogP contribution in [0.3, 0.4) is 0 Å². The van der Waals surface area contributed by atoms with Gasteiger partial charge in [-0.1, -0.05) is 0 Å². The van der Waals surface area contributed by atoms with Gasteiger partial charge in [0.25, 0.3) is 0 Å². The minimum Gasteiger partial charge on any atom is -0.348 e. The molecule has 0 atom stereocenters. The van der Waals surface area contributed by atoms with E-state index in [-0.39, 0.29) is 0 Å². The first kappa shape index (κ1) is 6.84. The van der Waals surface area contributed by atoms with Gasteiger partial charge in [-0.05, 0) is 0 Å². The molecule has 0 amide bonds. The Kier molecular flexibility index (Phi) is 2.17. The molecule has 3 N–H and O–H groups in total. The Morgan fingerprint density at radius 2 is 1.86 bits per heavy atom. The average molecular weight is 120 g/mol. The fraction of sp³-hybridized carbons (Fsp3) is 0.333. The molecule has 0 rings (SSSR count). The summed E-state index contributed by atoms with van der Waals surface area (Å²) in [7, 11) is -1.31. The van der Waals surface area contributed by atoms with Gasteiger partial charge in [0.2, 0.25) is 5.60 Å². The lowest BCUT2D eigenvalue weighted by atomic mass is 11.2. The monoisotopic (exact) mass is 120 g/mol. The summed E-state index contributed by atoms with van der Waals surface area (Å²) in [5, 5.41) is 24.4. The second kappa shape index (κ2) is 2.22. The van der Waals surface area contributed by atoms with E-state index in [4.69, 9.17) is 15.3 Å². The van der Waals surface area contributed by atoms with Crippen molar-refractivity contribution in [2.75, 3.05) is 0 Å². The van der Waals surface area contributed by atoms with Gasteiger partial charge in [-0.25, -0.2) is 0 Å². The molecule has 0 aliphatic carbocycles. The standard InChI is InChI=1S/C3H8O3Si/c1-2-7-3(4,5)6/h2,4-6H,1,7H2. The fourth-order valence-corrected chi connectivity index (χ4v) is 0.581. The van der Waals surface area contributed by atoms with Crippen LogP contribution in [-0.2, 0) is 0 Å². The van der Waals surface area contributed by atoms with Crippen molar-refractivity contribution in [2.45, 2.75) is 5.60 Å². The highest BCUT2D eigenvalue weighted by atomic mass is 28.2. The highest BCUT2D eigenvalue weighted by molar-refractivity contribution is 6.43. The van der Waals surface area contributed by atoms with E-state index >= 15 is 0 Å². The van der Waals surface area contributed by atoms with Crippen LogP contribution in [0.2, 0.25) is 0 Å². The van der Waals surface area contributed by atoms with Crippen molar-refractivity contribution < 1.29 is 15.3 Å². The van der Waals surface area contributed by atoms with E-state index < -0.39 is 15.1 Å². The van der Waals surface area contributed by atoms with E-state index in [2.05, 4.69) is 6.58 Å². The van der Waals surface area contributed by atoms with Gasteiger partial charge < -0.3 is 15.3 Å². The number of rotatable bonds is 2. The topological polar surface area (TPSA) is 60.7 Å². The van der Waals surface area contributed by atoms with Crippen LogP contribution < -0.4 is 0 Å². The Morgan fingerprint density at radius 1 is 1.43 bits per heavy atom. The van der Waals surface area contributed by atoms with Crippen molar-refractivity contribution in [3.63, 3.8) is 0 Å².